The van der Waals surface area contributed by atoms with Gasteiger partial charge in [-0.25, -0.2) is 19.6 Å². The highest BCUT2D eigenvalue weighted by Gasteiger charge is 2.42. The van der Waals surface area contributed by atoms with Crippen LogP contribution in [0.5, 0.6) is 0 Å². The van der Waals surface area contributed by atoms with Crippen molar-refractivity contribution in [2.75, 3.05) is 27.3 Å². The number of likely N-dealkylation sites (tertiary alicyclic amines) is 2. The number of carbonyl (C=O) groups is 4. The van der Waals surface area contributed by atoms with Crippen molar-refractivity contribution in [3.05, 3.63) is 80.9 Å². The van der Waals surface area contributed by atoms with Crippen LogP contribution in [0, 0.1) is 29.1 Å². The number of alkyl carbamates (subject to hydrolysis) is 2. The third kappa shape index (κ3) is 8.64. The number of aromatic nitrogens is 4. The number of imidazole rings is 1. The van der Waals surface area contributed by atoms with Crippen molar-refractivity contribution in [1.29, 1.82) is 0 Å². The average Bonchev–Trinajstić information content (AvgIpc) is 4.14. The molecule has 0 radical (unpaired) electrons. The van der Waals surface area contributed by atoms with Gasteiger partial charge in [-0.3, -0.25) is 14.4 Å². The van der Waals surface area contributed by atoms with Gasteiger partial charge in [-0.1, -0.05) is 58.6 Å². The van der Waals surface area contributed by atoms with Crippen molar-refractivity contribution in [3.63, 3.8) is 0 Å². The van der Waals surface area contributed by atoms with Crippen LogP contribution in [0.4, 0.5) is 9.59 Å². The van der Waals surface area contributed by atoms with Crippen molar-refractivity contribution in [2.24, 2.45) is 17.3 Å². The molecule has 2 aromatic heterocycles. The molecule has 4 heterocycles. The van der Waals surface area contributed by atoms with Crippen LogP contribution in [0.15, 0.2) is 41.3 Å². The zero-order chi connectivity index (χ0) is 44.6. The molecule has 0 bridgehead atoms. The number of hydrogen-bond donors (Lipinski definition) is 4. The fourth-order valence-corrected chi connectivity index (χ4v) is 10.3. The van der Waals surface area contributed by atoms with E-state index in [0.717, 1.165) is 48.8 Å². The topological polar surface area (TPSA) is 192 Å². The number of benzene rings is 2. The summed E-state index contributed by atoms with van der Waals surface area (Å²) in [5, 5.41) is 5.85. The molecule has 4 aromatic rings. The molecule has 1 spiro atoms. The number of amides is 4. The number of hydrogen-bond acceptors (Lipinski definition) is 9. The lowest BCUT2D eigenvalue weighted by atomic mass is 9.83. The smallest absolute Gasteiger partial charge is 0.407 e. The minimum absolute atomic E-state index is 0.127. The average molecular weight is 859 g/mol. The zero-order valence-corrected chi connectivity index (χ0v) is 37.1. The highest BCUT2D eigenvalue weighted by molar-refractivity contribution is 5.88. The number of aromatic amines is 2. The Morgan fingerprint density at radius 1 is 0.778 bits per heavy atom. The summed E-state index contributed by atoms with van der Waals surface area (Å²) >= 11 is 0. The van der Waals surface area contributed by atoms with E-state index in [1.54, 1.807) is 16.0 Å². The predicted molar refractivity (Wildman–Crippen MR) is 236 cm³/mol. The lowest BCUT2D eigenvalue weighted by Crippen LogP contribution is -2.51. The van der Waals surface area contributed by atoms with Crippen LogP contribution in [0.3, 0.4) is 0 Å². The normalized spacial score (nSPS) is 19.9. The second-order valence-corrected chi connectivity index (χ2v) is 18.4. The van der Waals surface area contributed by atoms with Crippen molar-refractivity contribution in [2.45, 2.75) is 116 Å². The summed E-state index contributed by atoms with van der Waals surface area (Å²) in [4.78, 5) is 84.9. The SMILES string of the molecule is COC(=O)NC(C(=O)N1CCCC1c1ncc(C#Cc2ccc(-c3ccc4nc(C5CCCN5C(=O)C(NC(=O)OC)C(C)C)[nH]c(=O)c4c3)c3c2CC2(CCCC2)C3)[nH]1)C(C)C. The molecule has 4 aliphatic rings. The monoisotopic (exact) mass is 858 g/mol. The Bertz CT molecular complexity index is 2540. The molecule has 4 atom stereocenters. The first-order chi connectivity index (χ1) is 30.3. The first kappa shape index (κ1) is 43.5. The minimum Gasteiger partial charge on any atom is -0.453 e. The second kappa shape index (κ2) is 17.9. The number of ether oxygens (including phenoxy) is 2. The van der Waals surface area contributed by atoms with E-state index in [2.05, 4.69) is 49.6 Å². The van der Waals surface area contributed by atoms with Gasteiger partial charge in [0.15, 0.2) is 0 Å². The van der Waals surface area contributed by atoms with Crippen LogP contribution in [-0.2, 0) is 31.9 Å². The number of nitrogens with one attached hydrogen (secondary N) is 4. The van der Waals surface area contributed by atoms with Gasteiger partial charge < -0.3 is 39.9 Å². The highest BCUT2D eigenvalue weighted by atomic mass is 16.5. The lowest BCUT2D eigenvalue weighted by Gasteiger charge is -2.30. The highest BCUT2D eigenvalue weighted by Crippen LogP contribution is 2.51. The number of methoxy groups -OCH3 is 2. The van der Waals surface area contributed by atoms with Gasteiger partial charge in [0.1, 0.15) is 29.4 Å². The molecular weight excluding hydrogens is 801 g/mol. The Hall–Kier alpha value is -6.17. The summed E-state index contributed by atoms with van der Waals surface area (Å²) in [7, 11) is 2.55. The Balaban J connectivity index is 1.06. The van der Waals surface area contributed by atoms with Gasteiger partial charge in [0.25, 0.3) is 5.56 Å². The van der Waals surface area contributed by atoms with Crippen LogP contribution in [0.1, 0.15) is 125 Å². The molecule has 2 aliphatic carbocycles. The number of carbonyl (C=O) groups excluding carboxylic acids is 4. The van der Waals surface area contributed by atoms with Gasteiger partial charge >= 0.3 is 12.2 Å². The van der Waals surface area contributed by atoms with E-state index in [1.807, 2.05) is 45.9 Å². The largest absolute Gasteiger partial charge is 0.453 e. The van der Waals surface area contributed by atoms with Gasteiger partial charge in [-0.05, 0) is 115 Å². The third-order valence-electron chi connectivity index (χ3n) is 13.6. The Labute approximate surface area is 367 Å². The minimum atomic E-state index is -0.775. The van der Waals surface area contributed by atoms with Crippen molar-refractivity contribution in [1.82, 2.24) is 40.4 Å². The fraction of sp³-hybridized carbons (Fsp3) is 0.521. The fourth-order valence-electron chi connectivity index (χ4n) is 10.3. The molecule has 4 amide bonds. The maximum absolute atomic E-state index is 13.9. The third-order valence-corrected chi connectivity index (χ3v) is 13.6. The molecule has 8 rings (SSSR count). The van der Waals surface area contributed by atoms with Gasteiger partial charge in [0, 0.05) is 18.7 Å². The summed E-state index contributed by atoms with van der Waals surface area (Å²) in [5.41, 5.74) is 6.67. The van der Waals surface area contributed by atoms with E-state index in [9.17, 15) is 24.0 Å². The molecule has 332 valence electrons. The summed E-state index contributed by atoms with van der Waals surface area (Å²) in [6.07, 6.45) is 10.0. The molecular formula is C48H58N8O7. The maximum atomic E-state index is 13.9. The van der Waals surface area contributed by atoms with E-state index in [4.69, 9.17) is 14.5 Å². The van der Waals surface area contributed by atoms with Gasteiger partial charge in [0.05, 0.1) is 43.4 Å². The summed E-state index contributed by atoms with van der Waals surface area (Å²) in [5.74, 6) is 7.22. The van der Waals surface area contributed by atoms with Crippen molar-refractivity contribution >= 4 is 34.9 Å². The van der Waals surface area contributed by atoms with Gasteiger partial charge in [-0.15, -0.1) is 0 Å². The summed E-state index contributed by atoms with van der Waals surface area (Å²) in [6.45, 7) is 8.59. The quantitative estimate of drug-likeness (QED) is 0.137. The van der Waals surface area contributed by atoms with Crippen LogP contribution >= 0.6 is 0 Å². The Morgan fingerprint density at radius 2 is 1.38 bits per heavy atom. The van der Waals surface area contributed by atoms with E-state index in [0.29, 0.717) is 47.8 Å². The van der Waals surface area contributed by atoms with Gasteiger partial charge in [0.2, 0.25) is 11.8 Å². The van der Waals surface area contributed by atoms with E-state index >= 15 is 0 Å². The molecule has 63 heavy (non-hydrogen) atoms. The Kier molecular flexibility index (Phi) is 12.4. The van der Waals surface area contributed by atoms with Crippen LogP contribution < -0.4 is 16.2 Å². The first-order valence-corrected chi connectivity index (χ1v) is 22.4. The lowest BCUT2D eigenvalue weighted by molar-refractivity contribution is -0.136. The summed E-state index contributed by atoms with van der Waals surface area (Å²) in [6, 6.07) is 7.90. The Morgan fingerprint density at radius 3 is 1.98 bits per heavy atom. The van der Waals surface area contributed by atoms with Crippen LogP contribution in [0.25, 0.3) is 22.0 Å². The molecule has 4 unspecified atom stereocenters. The molecule has 2 aromatic carbocycles. The van der Waals surface area contributed by atoms with E-state index < -0.39 is 30.3 Å². The summed E-state index contributed by atoms with van der Waals surface area (Å²) < 4.78 is 9.56. The van der Waals surface area contributed by atoms with Crippen molar-refractivity contribution in [3.8, 4) is 23.0 Å². The number of H-pyrrole nitrogens is 2. The zero-order valence-electron chi connectivity index (χ0n) is 37.1. The van der Waals surface area contributed by atoms with Crippen LogP contribution in [-0.4, -0.2) is 93.1 Å². The molecule has 15 heteroatoms. The number of nitrogens with zero attached hydrogens (tertiary/aromatic N) is 4. The predicted octanol–water partition coefficient (Wildman–Crippen LogP) is 6.46. The molecule has 2 saturated heterocycles. The van der Waals surface area contributed by atoms with E-state index in [1.165, 1.54) is 51.0 Å². The first-order valence-electron chi connectivity index (χ1n) is 22.4. The molecule has 15 nitrogen and oxygen atoms in total. The second-order valence-electron chi connectivity index (χ2n) is 18.4. The molecule has 2 aliphatic heterocycles. The van der Waals surface area contributed by atoms with Gasteiger partial charge in [-0.2, -0.15) is 0 Å². The number of rotatable bonds is 9. The van der Waals surface area contributed by atoms with Crippen molar-refractivity contribution < 1.29 is 28.7 Å². The maximum Gasteiger partial charge on any atom is 0.407 e. The van der Waals surface area contributed by atoms with E-state index in [-0.39, 0.29) is 40.7 Å². The molecule has 4 N–H and O–H groups in total. The van der Waals surface area contributed by atoms with Crippen LogP contribution in [0.2, 0.25) is 0 Å². The molecule has 3 fully saturated rings. The number of fused-ring (bicyclic) bond motifs is 2. The standard InChI is InChI=1S/C48H58N8O7/c1-27(2)39(52-46(60)62-5)44(58)55-21-9-11-37(55)41-49-26-31(50-41)16-13-29-14-17-32(35-25-48(24-34(29)35)19-7-8-20-48)30-15-18-36-33(23-30)43(57)54-42(51-36)38-12-10-22-56(38)45(59)40(28(3)4)53-47(61)63-6/h14-15,17-18,23,26-28,37-40H,7-12,19-22,24-25H2,1-6H3,(H,49,50)(H,52,60)(H,53,61)(H,51,54,57). The molecule has 1 saturated carbocycles.